The maximum Gasteiger partial charge on any atom is 0.307 e. The van der Waals surface area contributed by atoms with Crippen LogP contribution in [0.25, 0.3) is 22.4 Å². The van der Waals surface area contributed by atoms with Crippen molar-refractivity contribution in [3.05, 3.63) is 93.7 Å². The van der Waals surface area contributed by atoms with E-state index < -0.39 is 5.97 Å². The molecular weight excluding hydrogens is 473 g/mol. The number of hydrogen-bond donors (Lipinski definition) is 1. The third-order valence-corrected chi connectivity index (χ3v) is 6.46. The second-order valence-electron chi connectivity index (χ2n) is 8.33. The van der Waals surface area contributed by atoms with Gasteiger partial charge in [0.2, 0.25) is 0 Å². The fourth-order valence-corrected chi connectivity index (χ4v) is 4.54. The van der Waals surface area contributed by atoms with Crippen molar-refractivity contribution in [2.45, 2.75) is 31.8 Å². The van der Waals surface area contributed by atoms with Crippen LogP contribution in [-0.2, 0) is 17.8 Å². The van der Waals surface area contributed by atoms with Crippen molar-refractivity contribution in [2.24, 2.45) is 0 Å². The molecular formula is C27H21Cl2NO4. The molecule has 7 heteroatoms. The molecule has 0 atom stereocenters. The zero-order valence-electron chi connectivity index (χ0n) is 18.1. The number of carbonyl (C=O) groups is 1. The Hall–Kier alpha value is -3.28. The first-order valence-electron chi connectivity index (χ1n) is 11.0. The number of halogens is 2. The van der Waals surface area contributed by atoms with Gasteiger partial charge in [0, 0.05) is 11.5 Å². The summed E-state index contributed by atoms with van der Waals surface area (Å²) in [7, 11) is 0. The molecule has 0 spiro atoms. The van der Waals surface area contributed by atoms with Crippen LogP contribution in [0.3, 0.4) is 0 Å². The molecule has 1 fully saturated rings. The van der Waals surface area contributed by atoms with E-state index in [-0.39, 0.29) is 13.0 Å². The Kier molecular flexibility index (Phi) is 6.31. The molecule has 1 heterocycles. The fourth-order valence-electron chi connectivity index (χ4n) is 3.96. The highest BCUT2D eigenvalue weighted by atomic mass is 35.5. The van der Waals surface area contributed by atoms with E-state index in [1.165, 1.54) is 0 Å². The number of rotatable bonds is 8. The molecule has 34 heavy (non-hydrogen) atoms. The standard InChI is InChI=1S/C27H21Cl2NO4/c28-22-5-2-6-23(29)25(22)26-21(27(34-30-26)18-11-12-18)15-33-20-4-1-3-19(14-20)17-9-7-16(8-10-17)13-24(31)32/h1-10,14,18H,11-13,15H2,(H,31,32). The highest BCUT2D eigenvalue weighted by molar-refractivity contribution is 6.39. The summed E-state index contributed by atoms with van der Waals surface area (Å²) in [6.45, 7) is 0.271. The van der Waals surface area contributed by atoms with Crippen LogP contribution in [0.1, 0.15) is 35.6 Å². The number of hydrogen-bond acceptors (Lipinski definition) is 4. The average molecular weight is 494 g/mol. The summed E-state index contributed by atoms with van der Waals surface area (Å²) in [5.41, 5.74) is 4.83. The van der Waals surface area contributed by atoms with Gasteiger partial charge in [-0.1, -0.05) is 70.8 Å². The first kappa shape index (κ1) is 22.5. The summed E-state index contributed by atoms with van der Waals surface area (Å²) in [6, 6.07) is 20.6. The van der Waals surface area contributed by atoms with Gasteiger partial charge in [-0.2, -0.15) is 0 Å². The predicted octanol–water partition coefficient (Wildman–Crippen LogP) is 7.40. The summed E-state index contributed by atoms with van der Waals surface area (Å²) in [4.78, 5) is 10.9. The van der Waals surface area contributed by atoms with Gasteiger partial charge in [0.25, 0.3) is 0 Å². The lowest BCUT2D eigenvalue weighted by Gasteiger charge is -2.11. The van der Waals surface area contributed by atoms with Gasteiger partial charge in [-0.05, 0) is 53.8 Å². The Morgan fingerprint density at radius 1 is 1.00 bits per heavy atom. The molecule has 1 aliphatic rings. The van der Waals surface area contributed by atoms with Crippen molar-refractivity contribution in [1.82, 2.24) is 5.16 Å². The number of nitrogens with zero attached hydrogens (tertiary/aromatic N) is 1. The quantitative estimate of drug-likeness (QED) is 0.276. The summed E-state index contributed by atoms with van der Waals surface area (Å²) in [6.07, 6.45) is 2.12. The molecule has 1 N–H and O–H groups in total. The Morgan fingerprint density at radius 3 is 2.38 bits per heavy atom. The van der Waals surface area contributed by atoms with Gasteiger partial charge < -0.3 is 14.4 Å². The molecule has 0 radical (unpaired) electrons. The van der Waals surface area contributed by atoms with Crippen LogP contribution >= 0.6 is 23.2 Å². The summed E-state index contributed by atoms with van der Waals surface area (Å²) < 4.78 is 11.9. The van der Waals surface area contributed by atoms with Crippen LogP contribution in [0, 0.1) is 0 Å². The van der Waals surface area contributed by atoms with Gasteiger partial charge in [0.15, 0.2) is 0 Å². The minimum Gasteiger partial charge on any atom is -0.489 e. The Balaban J connectivity index is 1.40. The number of aliphatic carboxylic acids is 1. The van der Waals surface area contributed by atoms with Crippen LogP contribution in [0.15, 0.2) is 71.3 Å². The molecule has 3 aromatic carbocycles. The lowest BCUT2D eigenvalue weighted by molar-refractivity contribution is -0.136. The second-order valence-corrected chi connectivity index (χ2v) is 9.14. The third kappa shape index (κ3) is 4.81. The van der Waals surface area contributed by atoms with Crippen molar-refractivity contribution in [1.29, 1.82) is 0 Å². The minimum atomic E-state index is -0.847. The molecule has 5 rings (SSSR count). The van der Waals surface area contributed by atoms with Gasteiger partial charge in [-0.25, -0.2) is 0 Å². The molecule has 4 aromatic rings. The average Bonchev–Trinajstić information content (AvgIpc) is 3.58. The van der Waals surface area contributed by atoms with E-state index in [4.69, 9.17) is 37.6 Å². The molecule has 0 unspecified atom stereocenters. The lowest BCUT2D eigenvalue weighted by atomic mass is 10.0. The zero-order chi connectivity index (χ0) is 23.7. The van der Waals surface area contributed by atoms with Gasteiger partial charge >= 0.3 is 5.97 Å². The van der Waals surface area contributed by atoms with E-state index in [0.29, 0.717) is 33.0 Å². The van der Waals surface area contributed by atoms with Gasteiger partial charge in [-0.3, -0.25) is 4.79 Å². The molecule has 1 aliphatic carbocycles. The molecule has 172 valence electrons. The molecule has 5 nitrogen and oxygen atoms in total. The number of ether oxygens (including phenoxy) is 1. The van der Waals surface area contributed by atoms with Crippen LogP contribution < -0.4 is 4.74 Å². The third-order valence-electron chi connectivity index (χ3n) is 5.83. The second kappa shape index (κ2) is 9.53. The number of carboxylic acids is 1. The number of benzene rings is 3. The minimum absolute atomic E-state index is 0.00325. The van der Waals surface area contributed by atoms with Gasteiger partial charge in [-0.15, -0.1) is 0 Å². The fraction of sp³-hybridized carbons (Fsp3) is 0.185. The van der Waals surface area contributed by atoms with E-state index in [1.807, 2.05) is 48.5 Å². The van der Waals surface area contributed by atoms with Crippen molar-refractivity contribution >= 4 is 29.2 Å². The topological polar surface area (TPSA) is 72.6 Å². The number of carboxylic acid groups (broad SMARTS) is 1. The molecule has 1 saturated carbocycles. The van der Waals surface area contributed by atoms with E-state index >= 15 is 0 Å². The summed E-state index contributed by atoms with van der Waals surface area (Å²) in [5, 5.41) is 14.3. The van der Waals surface area contributed by atoms with Crippen molar-refractivity contribution < 1.29 is 19.2 Å². The van der Waals surface area contributed by atoms with E-state index in [0.717, 1.165) is 40.9 Å². The zero-order valence-corrected chi connectivity index (χ0v) is 19.6. The Morgan fingerprint density at radius 2 is 1.71 bits per heavy atom. The normalized spacial score (nSPS) is 13.1. The van der Waals surface area contributed by atoms with Crippen LogP contribution in [0.5, 0.6) is 5.75 Å². The summed E-state index contributed by atoms with van der Waals surface area (Å²) >= 11 is 12.9. The lowest BCUT2D eigenvalue weighted by Crippen LogP contribution is -2.00. The smallest absolute Gasteiger partial charge is 0.307 e. The van der Waals surface area contributed by atoms with Crippen LogP contribution in [-0.4, -0.2) is 16.2 Å². The first-order chi connectivity index (χ1) is 16.5. The molecule has 0 saturated heterocycles. The van der Waals surface area contributed by atoms with Crippen LogP contribution in [0.2, 0.25) is 10.0 Å². The Labute approximate surface area is 206 Å². The monoisotopic (exact) mass is 493 g/mol. The number of aromatic nitrogens is 1. The maximum absolute atomic E-state index is 10.9. The predicted molar refractivity (Wildman–Crippen MR) is 131 cm³/mol. The van der Waals surface area contributed by atoms with Gasteiger partial charge in [0.1, 0.15) is 23.8 Å². The highest BCUT2D eigenvalue weighted by Crippen LogP contribution is 2.46. The molecule has 1 aromatic heterocycles. The highest BCUT2D eigenvalue weighted by Gasteiger charge is 2.33. The van der Waals surface area contributed by atoms with E-state index in [1.54, 1.807) is 18.2 Å². The van der Waals surface area contributed by atoms with E-state index in [2.05, 4.69) is 5.16 Å². The maximum atomic E-state index is 10.9. The molecule has 0 amide bonds. The summed E-state index contributed by atoms with van der Waals surface area (Å²) in [5.74, 6) is 1.03. The largest absolute Gasteiger partial charge is 0.489 e. The first-order valence-corrected chi connectivity index (χ1v) is 11.7. The van der Waals surface area contributed by atoms with Crippen molar-refractivity contribution in [3.8, 4) is 28.1 Å². The molecule has 0 bridgehead atoms. The van der Waals surface area contributed by atoms with E-state index in [9.17, 15) is 4.79 Å². The van der Waals surface area contributed by atoms with Crippen LogP contribution in [0.4, 0.5) is 0 Å². The van der Waals surface area contributed by atoms with Gasteiger partial charge in [0.05, 0.1) is 22.0 Å². The SMILES string of the molecule is O=C(O)Cc1ccc(-c2cccc(OCc3c(-c4c(Cl)cccc4Cl)noc3C3CC3)c2)cc1. The molecule has 0 aliphatic heterocycles. The van der Waals surface area contributed by atoms with Crippen molar-refractivity contribution in [2.75, 3.05) is 0 Å². The Bertz CT molecular complexity index is 1320. The van der Waals surface area contributed by atoms with Crippen molar-refractivity contribution in [3.63, 3.8) is 0 Å².